The Bertz CT molecular complexity index is 3220. The summed E-state index contributed by atoms with van der Waals surface area (Å²) in [4.78, 5) is 19.8. The van der Waals surface area contributed by atoms with E-state index in [1.54, 1.807) is 49.1 Å². The van der Waals surface area contributed by atoms with Gasteiger partial charge in [-0.2, -0.15) is 0 Å². The Balaban J connectivity index is 1.20. The van der Waals surface area contributed by atoms with E-state index in [0.717, 1.165) is 56.9 Å². The zero-order valence-corrected chi connectivity index (χ0v) is 64.6. The van der Waals surface area contributed by atoms with Crippen molar-refractivity contribution in [3.8, 4) is 46.0 Å². The molecule has 0 aliphatic rings. The van der Waals surface area contributed by atoms with Crippen LogP contribution in [0, 0.1) is 0 Å². The van der Waals surface area contributed by atoms with E-state index in [0.29, 0.717) is 118 Å². The van der Waals surface area contributed by atoms with E-state index in [1.165, 1.54) is 205 Å². The number of rotatable bonds is 60. The van der Waals surface area contributed by atoms with E-state index in [-0.39, 0.29) is 23.0 Å². The third kappa shape index (κ3) is 34.4. The second kappa shape index (κ2) is 53.8. The van der Waals surface area contributed by atoms with Gasteiger partial charge in [-0.05, 0) is 86.1 Å². The van der Waals surface area contributed by atoms with Gasteiger partial charge in [0.15, 0.2) is 23.0 Å². The molecule has 0 aliphatic heterocycles. The highest BCUT2D eigenvalue weighted by molar-refractivity contribution is 5.92. The molecule has 6 aromatic rings. The van der Waals surface area contributed by atoms with Crippen molar-refractivity contribution in [2.24, 2.45) is 20.0 Å². The fourth-order valence-electron chi connectivity index (χ4n) is 13.1. The van der Waals surface area contributed by atoms with E-state index in [4.69, 9.17) is 38.9 Å². The molecule has 0 bridgehead atoms. The number of aromatic hydroxyl groups is 4. The minimum atomic E-state index is 0.0682. The average molecular weight is 1420 g/mol. The molecular formula is C92H132N4O8. The molecule has 0 amide bonds. The predicted molar refractivity (Wildman–Crippen MR) is 440 cm³/mol. The van der Waals surface area contributed by atoms with Crippen LogP contribution >= 0.6 is 0 Å². The Kier molecular flexibility index (Phi) is 44.0. The Hall–Kier alpha value is -7.86. The number of phenolic OH excluding ortho intramolecular Hbond substituents is 4. The van der Waals surface area contributed by atoms with Gasteiger partial charge in [-0.25, -0.2) is 0 Å². The molecule has 104 heavy (non-hydrogen) atoms. The molecule has 0 saturated heterocycles. The lowest BCUT2D eigenvalue weighted by molar-refractivity contribution is 0.258. The SMILES string of the molecule is C=C(Cc1cccc(C=Nc2cc(OCCCCCCCCCCCC)c(OCCCCCCCCCCCC)cc2N=Cc2ccccc2O)c1O)Cc1cccc(C=Nc2cc(OCCCCCCCCCCCC)c(OCCCCCCCCCCCC)cc2N=Cc2ccccc2O)c1O. The number of aliphatic imine (C=N–C) groups is 4. The lowest BCUT2D eigenvalue weighted by Crippen LogP contribution is -2.03. The number of phenols is 4. The van der Waals surface area contributed by atoms with Crippen LogP contribution in [0.15, 0.2) is 141 Å². The van der Waals surface area contributed by atoms with Crippen molar-refractivity contribution in [3.63, 3.8) is 0 Å². The summed E-state index contributed by atoms with van der Waals surface area (Å²) in [6.45, 7) is 15.7. The topological polar surface area (TPSA) is 167 Å². The number of allylic oxidation sites excluding steroid dienone is 1. The summed E-state index contributed by atoms with van der Waals surface area (Å²) in [5.41, 5.74) is 6.30. The van der Waals surface area contributed by atoms with Crippen LogP contribution in [0.2, 0.25) is 0 Å². The number of unbranched alkanes of at least 4 members (excludes halogenated alkanes) is 36. The first-order valence-corrected chi connectivity index (χ1v) is 41.0. The fourth-order valence-corrected chi connectivity index (χ4v) is 13.1. The molecule has 6 aromatic carbocycles. The standard InChI is InChI=1S/C92H132N4O8/c1-6-10-14-18-22-26-30-34-38-46-60-101-87-66-81(93-70-77-52-42-44-58-85(77)97)83(68-89(87)103-62-48-40-36-32-28-24-20-16-12-8-3)95-72-79-56-50-54-75(91(79)99)64-74(5)65-76-55-51-57-80(92(76)100)73-96-84-69-90(104-63-49-41-37-33-29-25-21-17-13-9-4)88(67-82(84)94-71-78-53-43-45-59-86(78)98)102-61-47-39-35-31-27-23-19-15-11-7-2/h42-45,50-59,66-73,97-100H,5-41,46-49,60-65H2,1-4H3. The van der Waals surface area contributed by atoms with Gasteiger partial charge in [-0.1, -0.05) is 320 Å². The van der Waals surface area contributed by atoms with Crippen molar-refractivity contribution in [3.05, 3.63) is 155 Å². The molecule has 0 heterocycles. The summed E-state index contributed by atoms with van der Waals surface area (Å²) in [6, 6.07) is 32.9. The quantitative estimate of drug-likeness (QED) is 0.0166. The minimum Gasteiger partial charge on any atom is -0.507 e. The molecule has 0 aliphatic carbocycles. The highest BCUT2D eigenvalue weighted by atomic mass is 16.5. The average Bonchev–Trinajstić information content (AvgIpc) is 0.817. The number of nitrogens with zero attached hydrogens (tertiary/aromatic N) is 4. The van der Waals surface area contributed by atoms with Crippen LogP contribution in [0.3, 0.4) is 0 Å². The maximum atomic E-state index is 12.0. The van der Waals surface area contributed by atoms with E-state index < -0.39 is 0 Å². The van der Waals surface area contributed by atoms with Gasteiger partial charge in [0.1, 0.15) is 23.0 Å². The van der Waals surface area contributed by atoms with Crippen LogP contribution in [0.25, 0.3) is 0 Å². The van der Waals surface area contributed by atoms with Gasteiger partial charge in [0, 0.05) is 71.4 Å². The third-order valence-corrected chi connectivity index (χ3v) is 19.5. The monoisotopic (exact) mass is 1420 g/mol. The van der Waals surface area contributed by atoms with Crippen molar-refractivity contribution in [1.29, 1.82) is 0 Å². The third-order valence-electron chi connectivity index (χ3n) is 19.5. The molecule has 6 rings (SSSR count). The van der Waals surface area contributed by atoms with Crippen molar-refractivity contribution in [2.75, 3.05) is 26.4 Å². The van der Waals surface area contributed by atoms with Gasteiger partial charge in [0.05, 0.1) is 49.2 Å². The highest BCUT2D eigenvalue weighted by Crippen LogP contribution is 2.43. The summed E-state index contributed by atoms with van der Waals surface area (Å²) in [5.74, 6) is 2.76. The number of hydrogen-bond donors (Lipinski definition) is 4. The molecule has 0 radical (unpaired) electrons. The Morgan fingerprint density at radius 3 is 0.760 bits per heavy atom. The van der Waals surface area contributed by atoms with Crippen LogP contribution in [0.4, 0.5) is 22.7 Å². The molecule has 0 unspecified atom stereocenters. The zero-order valence-electron chi connectivity index (χ0n) is 64.6. The lowest BCUT2D eigenvalue weighted by atomic mass is 9.96. The van der Waals surface area contributed by atoms with Gasteiger partial charge in [-0.15, -0.1) is 0 Å². The van der Waals surface area contributed by atoms with Gasteiger partial charge in [0.2, 0.25) is 0 Å². The summed E-state index contributed by atoms with van der Waals surface area (Å²) < 4.78 is 26.3. The highest BCUT2D eigenvalue weighted by Gasteiger charge is 2.18. The maximum Gasteiger partial charge on any atom is 0.163 e. The number of para-hydroxylation sites is 4. The number of hydrogen-bond acceptors (Lipinski definition) is 12. The van der Waals surface area contributed by atoms with Gasteiger partial charge in [-0.3, -0.25) is 20.0 Å². The van der Waals surface area contributed by atoms with Crippen molar-refractivity contribution in [2.45, 2.75) is 297 Å². The first kappa shape index (κ1) is 85.1. The maximum absolute atomic E-state index is 12.0. The van der Waals surface area contributed by atoms with Crippen molar-refractivity contribution < 1.29 is 39.4 Å². The van der Waals surface area contributed by atoms with E-state index in [1.807, 2.05) is 84.9 Å². The molecule has 0 aromatic heterocycles. The van der Waals surface area contributed by atoms with Crippen LogP contribution in [-0.2, 0) is 12.8 Å². The molecule has 0 fully saturated rings. The molecule has 0 saturated carbocycles. The molecule has 0 spiro atoms. The Labute approximate surface area is 628 Å². The van der Waals surface area contributed by atoms with Gasteiger partial charge in [0.25, 0.3) is 0 Å². The summed E-state index contributed by atoms with van der Waals surface area (Å²) >= 11 is 0. The van der Waals surface area contributed by atoms with Crippen LogP contribution in [0.1, 0.15) is 318 Å². The summed E-state index contributed by atoms with van der Waals surface area (Å²) in [6.07, 6.45) is 56.4. The second-order valence-electron chi connectivity index (χ2n) is 28.7. The normalized spacial score (nSPS) is 11.7. The van der Waals surface area contributed by atoms with Gasteiger partial charge >= 0.3 is 0 Å². The minimum absolute atomic E-state index is 0.0682. The van der Waals surface area contributed by atoms with E-state index in [2.05, 4.69) is 34.3 Å². The molecule has 4 N–H and O–H groups in total. The molecule has 12 nitrogen and oxygen atoms in total. The van der Waals surface area contributed by atoms with Crippen molar-refractivity contribution >= 4 is 47.6 Å². The Morgan fingerprint density at radius 2 is 0.510 bits per heavy atom. The summed E-state index contributed by atoms with van der Waals surface area (Å²) in [5, 5.41) is 45.5. The summed E-state index contributed by atoms with van der Waals surface area (Å²) in [7, 11) is 0. The van der Waals surface area contributed by atoms with Gasteiger partial charge < -0.3 is 39.4 Å². The Morgan fingerprint density at radius 1 is 0.288 bits per heavy atom. The van der Waals surface area contributed by atoms with E-state index >= 15 is 0 Å². The molecule has 568 valence electrons. The van der Waals surface area contributed by atoms with Crippen molar-refractivity contribution in [1.82, 2.24) is 0 Å². The first-order chi connectivity index (χ1) is 51.1. The first-order valence-electron chi connectivity index (χ1n) is 41.0. The van der Waals surface area contributed by atoms with Crippen LogP contribution < -0.4 is 18.9 Å². The molecule has 12 heteroatoms. The fraction of sp³-hybridized carbons (Fsp3) is 0.543. The smallest absolute Gasteiger partial charge is 0.163 e. The lowest BCUT2D eigenvalue weighted by Gasteiger charge is -2.15. The molecular weight excluding hydrogens is 1290 g/mol. The van der Waals surface area contributed by atoms with Crippen LogP contribution in [-0.4, -0.2) is 71.7 Å². The van der Waals surface area contributed by atoms with E-state index in [9.17, 15) is 20.4 Å². The number of ether oxygens (including phenoxy) is 4. The largest absolute Gasteiger partial charge is 0.507 e. The molecule has 0 atom stereocenters. The predicted octanol–water partition coefficient (Wildman–Crippen LogP) is 27.1. The zero-order chi connectivity index (χ0) is 73.7. The number of benzene rings is 6. The second-order valence-corrected chi connectivity index (χ2v) is 28.7. The van der Waals surface area contributed by atoms with Crippen LogP contribution in [0.5, 0.6) is 46.0 Å².